The van der Waals surface area contributed by atoms with E-state index in [0.29, 0.717) is 37.8 Å². The third-order valence-electron chi connectivity index (χ3n) is 5.97. The quantitative estimate of drug-likeness (QED) is 0.660. The maximum atomic E-state index is 12.9. The highest BCUT2D eigenvalue weighted by molar-refractivity contribution is 7.89. The maximum Gasteiger partial charge on any atom is 0.278 e. The van der Waals surface area contributed by atoms with Crippen LogP contribution in [0, 0.1) is 0 Å². The van der Waals surface area contributed by atoms with Gasteiger partial charge >= 0.3 is 0 Å². The van der Waals surface area contributed by atoms with Crippen LogP contribution in [0.25, 0.3) is 0 Å². The summed E-state index contributed by atoms with van der Waals surface area (Å²) < 4.78 is 27.2. The summed E-state index contributed by atoms with van der Waals surface area (Å²) in [7, 11) is -3.58. The number of benzene rings is 1. The summed E-state index contributed by atoms with van der Waals surface area (Å²) in [6.45, 7) is 5.34. The Balaban J connectivity index is 1.57. The van der Waals surface area contributed by atoms with E-state index < -0.39 is 10.0 Å². The lowest BCUT2D eigenvalue weighted by molar-refractivity contribution is -0.917. The van der Waals surface area contributed by atoms with Crippen molar-refractivity contribution in [1.29, 1.82) is 0 Å². The molecule has 1 atom stereocenters. The highest BCUT2D eigenvalue weighted by Crippen LogP contribution is 2.18. The number of hydrogen-bond donors (Lipinski definition) is 2. The average Bonchev–Trinajstić information content (AvgIpc) is 3.20. The number of hydrogen-bond acceptors (Lipinski definition) is 4. The van der Waals surface area contributed by atoms with Gasteiger partial charge in [0.05, 0.1) is 31.1 Å². The van der Waals surface area contributed by atoms with E-state index in [4.69, 9.17) is 0 Å². The van der Waals surface area contributed by atoms with E-state index in [2.05, 4.69) is 5.32 Å². The molecule has 0 aromatic heterocycles. The molecule has 1 aromatic rings. The molecule has 0 spiro atoms. The Bertz CT molecular complexity index is 808. The Labute approximate surface area is 167 Å². The Kier molecular flexibility index (Phi) is 6.52. The fraction of sp³-hybridized carbons (Fsp3) is 0.600. The molecule has 0 bridgehead atoms. The predicted octanol–water partition coefficient (Wildman–Crippen LogP) is 0.226. The van der Waals surface area contributed by atoms with Gasteiger partial charge in [0.15, 0.2) is 11.8 Å². The summed E-state index contributed by atoms with van der Waals surface area (Å²) in [5.74, 6) is -0.0240. The van der Waals surface area contributed by atoms with Crippen LogP contribution in [0.1, 0.15) is 49.9 Å². The zero-order chi connectivity index (χ0) is 20.3. The number of Topliss-reactive ketones (excluding diaryl/α,β-unsaturated/α-hetero) is 1. The molecule has 1 saturated heterocycles. The van der Waals surface area contributed by atoms with Crippen LogP contribution in [-0.4, -0.2) is 62.7 Å². The van der Waals surface area contributed by atoms with Gasteiger partial charge in [-0.1, -0.05) is 25.0 Å². The second-order valence-corrected chi connectivity index (χ2v) is 9.79. The van der Waals surface area contributed by atoms with Gasteiger partial charge in [0.1, 0.15) is 0 Å². The van der Waals surface area contributed by atoms with Crippen LogP contribution in [0.3, 0.4) is 0 Å². The van der Waals surface area contributed by atoms with Crippen LogP contribution < -0.4 is 10.2 Å². The van der Waals surface area contributed by atoms with Gasteiger partial charge in [0.25, 0.3) is 5.91 Å². The lowest BCUT2D eigenvalue weighted by atomic mass is 10.2. The normalized spacial score (nSPS) is 20.8. The lowest BCUT2D eigenvalue weighted by Crippen LogP contribution is -3.19. The Morgan fingerprint density at radius 1 is 1.11 bits per heavy atom. The molecule has 1 aliphatic heterocycles. The summed E-state index contributed by atoms with van der Waals surface area (Å²) in [6.07, 6.45) is 4.47. The summed E-state index contributed by atoms with van der Waals surface area (Å²) >= 11 is 0. The summed E-state index contributed by atoms with van der Waals surface area (Å²) in [5.41, 5.74) is 0.496. The molecule has 28 heavy (non-hydrogen) atoms. The number of nitrogens with one attached hydrogen (secondary N) is 2. The number of amides is 1. The first-order valence-corrected chi connectivity index (χ1v) is 11.5. The summed E-state index contributed by atoms with van der Waals surface area (Å²) in [4.78, 5) is 25.2. The van der Waals surface area contributed by atoms with Crippen molar-refractivity contribution < 1.29 is 22.9 Å². The molecule has 2 fully saturated rings. The molecule has 1 saturated carbocycles. The Morgan fingerprint density at radius 3 is 2.21 bits per heavy atom. The SMILES string of the molecule is CC(=O)c1ccc(S(=O)(=O)N2CC[NH+]([C@@H](C)C(=O)NC3CCCC3)CC2)cc1. The van der Waals surface area contributed by atoms with Gasteiger partial charge in [0.2, 0.25) is 10.0 Å². The number of sulfonamides is 1. The third-order valence-corrected chi connectivity index (χ3v) is 7.88. The number of ketones is 1. The number of carbonyl (C=O) groups excluding carboxylic acids is 2. The van der Waals surface area contributed by atoms with Crippen LogP contribution >= 0.6 is 0 Å². The molecule has 3 rings (SSSR count). The van der Waals surface area contributed by atoms with Crippen molar-refractivity contribution >= 4 is 21.7 Å². The number of carbonyl (C=O) groups is 2. The molecular formula is C20H30N3O4S+. The van der Waals surface area contributed by atoms with E-state index in [0.717, 1.165) is 17.7 Å². The van der Waals surface area contributed by atoms with Gasteiger partial charge in [-0.3, -0.25) is 9.59 Å². The molecule has 2 aliphatic rings. The molecule has 2 N–H and O–H groups in total. The topological polar surface area (TPSA) is 88.0 Å². The van der Waals surface area contributed by atoms with E-state index in [1.165, 1.54) is 36.2 Å². The Hall–Kier alpha value is -1.77. The molecule has 1 aromatic carbocycles. The van der Waals surface area contributed by atoms with Crippen molar-refractivity contribution in [3.8, 4) is 0 Å². The first-order chi connectivity index (χ1) is 13.3. The van der Waals surface area contributed by atoms with Crippen molar-refractivity contribution in [2.45, 2.75) is 56.5 Å². The Morgan fingerprint density at radius 2 is 1.68 bits per heavy atom. The van der Waals surface area contributed by atoms with Gasteiger partial charge in [-0.15, -0.1) is 0 Å². The van der Waals surface area contributed by atoms with E-state index in [9.17, 15) is 18.0 Å². The molecule has 1 aliphatic carbocycles. The summed E-state index contributed by atoms with van der Waals surface area (Å²) in [6, 6.07) is 6.19. The molecule has 154 valence electrons. The van der Waals surface area contributed by atoms with Crippen molar-refractivity contribution in [2.24, 2.45) is 0 Å². The highest BCUT2D eigenvalue weighted by Gasteiger charge is 2.35. The van der Waals surface area contributed by atoms with E-state index in [-0.39, 0.29) is 22.6 Å². The van der Waals surface area contributed by atoms with Crippen LogP contribution in [0.4, 0.5) is 0 Å². The minimum Gasteiger partial charge on any atom is -0.348 e. The average molecular weight is 409 g/mol. The number of piperazine rings is 1. The standard InChI is InChI=1S/C20H29N3O4S/c1-15(20(25)21-18-5-3-4-6-18)22-11-13-23(14-12-22)28(26,27)19-9-7-17(8-10-19)16(2)24/h7-10,15,18H,3-6,11-14H2,1-2H3,(H,21,25)/p+1/t15-/m0/s1. The fourth-order valence-corrected chi connectivity index (χ4v) is 5.48. The molecule has 0 unspecified atom stereocenters. The van der Waals surface area contributed by atoms with Crippen LogP contribution in [-0.2, 0) is 14.8 Å². The van der Waals surface area contributed by atoms with Gasteiger partial charge in [-0.25, -0.2) is 8.42 Å². The number of quaternary nitrogens is 1. The predicted molar refractivity (Wildman–Crippen MR) is 106 cm³/mol. The zero-order valence-electron chi connectivity index (χ0n) is 16.6. The second kappa shape index (κ2) is 8.71. The highest BCUT2D eigenvalue weighted by atomic mass is 32.2. The van der Waals surface area contributed by atoms with Crippen molar-refractivity contribution in [1.82, 2.24) is 9.62 Å². The second-order valence-electron chi connectivity index (χ2n) is 7.85. The van der Waals surface area contributed by atoms with E-state index in [1.54, 1.807) is 12.1 Å². The van der Waals surface area contributed by atoms with Crippen LogP contribution in [0.2, 0.25) is 0 Å². The largest absolute Gasteiger partial charge is 0.348 e. The van der Waals surface area contributed by atoms with Gasteiger partial charge in [-0.2, -0.15) is 4.31 Å². The smallest absolute Gasteiger partial charge is 0.278 e. The fourth-order valence-electron chi connectivity index (χ4n) is 4.04. The monoisotopic (exact) mass is 408 g/mol. The minimum absolute atomic E-state index is 0.0676. The van der Waals surface area contributed by atoms with Crippen LogP contribution in [0.5, 0.6) is 0 Å². The summed E-state index contributed by atoms with van der Waals surface area (Å²) in [5, 5.41) is 3.14. The van der Waals surface area contributed by atoms with Gasteiger partial charge in [0, 0.05) is 11.6 Å². The van der Waals surface area contributed by atoms with Crippen molar-refractivity contribution in [3.05, 3.63) is 29.8 Å². The molecule has 7 nitrogen and oxygen atoms in total. The molecule has 1 heterocycles. The van der Waals surface area contributed by atoms with Gasteiger partial charge < -0.3 is 10.2 Å². The minimum atomic E-state index is -3.58. The van der Waals surface area contributed by atoms with Crippen molar-refractivity contribution in [3.63, 3.8) is 0 Å². The molecular weight excluding hydrogens is 378 g/mol. The maximum absolute atomic E-state index is 12.9. The zero-order valence-corrected chi connectivity index (χ0v) is 17.4. The number of rotatable bonds is 6. The lowest BCUT2D eigenvalue weighted by Gasteiger charge is -2.34. The number of nitrogens with zero attached hydrogens (tertiary/aromatic N) is 1. The third kappa shape index (κ3) is 4.61. The van der Waals surface area contributed by atoms with Gasteiger partial charge in [-0.05, 0) is 38.8 Å². The van der Waals surface area contributed by atoms with E-state index >= 15 is 0 Å². The van der Waals surface area contributed by atoms with Crippen LogP contribution in [0.15, 0.2) is 29.2 Å². The first-order valence-electron chi connectivity index (χ1n) is 10.0. The van der Waals surface area contributed by atoms with E-state index in [1.807, 2.05) is 6.92 Å². The van der Waals surface area contributed by atoms with Crippen molar-refractivity contribution in [2.75, 3.05) is 26.2 Å². The molecule has 8 heteroatoms. The molecule has 1 amide bonds. The molecule has 0 radical (unpaired) electrons. The first kappa shape index (κ1) is 21.0.